The van der Waals surface area contributed by atoms with Gasteiger partial charge in [0.2, 0.25) is 0 Å². The van der Waals surface area contributed by atoms with E-state index < -0.39 is 0 Å². The fourth-order valence-corrected chi connectivity index (χ4v) is 2.45. The molecule has 2 aromatic carbocycles. The van der Waals surface area contributed by atoms with Crippen molar-refractivity contribution in [3.05, 3.63) is 59.2 Å². The molecule has 0 aliphatic rings. The summed E-state index contributed by atoms with van der Waals surface area (Å²) in [5, 5.41) is 0. The van der Waals surface area contributed by atoms with Crippen molar-refractivity contribution in [3.8, 4) is 11.5 Å². The molecule has 3 nitrogen and oxygen atoms in total. The zero-order valence-electron chi connectivity index (χ0n) is 12.9. The molecule has 1 unspecified atom stereocenters. The SMILES string of the molecule is COc1cccc(CCC(N)c2cc(C)ccc2OC)c1. The van der Waals surface area contributed by atoms with Gasteiger partial charge in [0, 0.05) is 11.6 Å². The maximum atomic E-state index is 6.35. The Morgan fingerprint density at radius 1 is 1.05 bits per heavy atom. The second-order valence-corrected chi connectivity index (χ2v) is 5.24. The van der Waals surface area contributed by atoms with Crippen molar-refractivity contribution >= 4 is 0 Å². The van der Waals surface area contributed by atoms with E-state index in [1.807, 2.05) is 24.3 Å². The summed E-state index contributed by atoms with van der Waals surface area (Å²) in [5.74, 6) is 1.74. The number of hydrogen-bond acceptors (Lipinski definition) is 3. The maximum Gasteiger partial charge on any atom is 0.123 e. The minimum Gasteiger partial charge on any atom is -0.497 e. The molecule has 0 heterocycles. The lowest BCUT2D eigenvalue weighted by molar-refractivity contribution is 0.404. The Hall–Kier alpha value is -2.00. The predicted molar refractivity (Wildman–Crippen MR) is 86.0 cm³/mol. The molecule has 0 saturated carbocycles. The van der Waals surface area contributed by atoms with Crippen LogP contribution < -0.4 is 15.2 Å². The van der Waals surface area contributed by atoms with Crippen LogP contribution in [0.1, 0.15) is 29.2 Å². The first-order chi connectivity index (χ1) is 10.1. The Morgan fingerprint density at radius 2 is 1.86 bits per heavy atom. The number of methoxy groups -OCH3 is 2. The van der Waals surface area contributed by atoms with Gasteiger partial charge in [0.15, 0.2) is 0 Å². The molecule has 0 radical (unpaired) electrons. The van der Waals surface area contributed by atoms with Gasteiger partial charge in [-0.25, -0.2) is 0 Å². The molecule has 0 aromatic heterocycles. The molecule has 0 amide bonds. The van der Waals surface area contributed by atoms with E-state index in [9.17, 15) is 0 Å². The third-order valence-corrected chi connectivity index (χ3v) is 3.66. The van der Waals surface area contributed by atoms with Crippen LogP contribution in [0.4, 0.5) is 0 Å². The van der Waals surface area contributed by atoms with Crippen LogP contribution in [-0.2, 0) is 6.42 Å². The third kappa shape index (κ3) is 3.99. The number of nitrogens with two attached hydrogens (primary N) is 1. The van der Waals surface area contributed by atoms with Gasteiger partial charge in [-0.3, -0.25) is 0 Å². The van der Waals surface area contributed by atoms with Gasteiger partial charge >= 0.3 is 0 Å². The molecule has 0 bridgehead atoms. The van der Waals surface area contributed by atoms with Crippen molar-refractivity contribution in [1.82, 2.24) is 0 Å². The van der Waals surface area contributed by atoms with E-state index in [1.165, 1.54) is 11.1 Å². The molecular weight excluding hydrogens is 262 g/mol. The summed E-state index contributed by atoms with van der Waals surface area (Å²) in [6, 6.07) is 14.2. The molecule has 1 atom stereocenters. The average Bonchev–Trinajstić information content (AvgIpc) is 2.52. The molecule has 0 spiro atoms. The minimum atomic E-state index is -0.0361. The van der Waals surface area contributed by atoms with E-state index >= 15 is 0 Å². The molecule has 21 heavy (non-hydrogen) atoms. The molecular formula is C18H23NO2. The Morgan fingerprint density at radius 3 is 2.57 bits per heavy atom. The average molecular weight is 285 g/mol. The lowest BCUT2D eigenvalue weighted by atomic mass is 9.97. The second kappa shape index (κ2) is 7.14. The van der Waals surface area contributed by atoms with Crippen molar-refractivity contribution in [1.29, 1.82) is 0 Å². The van der Waals surface area contributed by atoms with Crippen LogP contribution in [0.5, 0.6) is 11.5 Å². The molecule has 3 heteroatoms. The molecule has 2 aromatic rings. The first-order valence-electron chi connectivity index (χ1n) is 7.17. The van der Waals surface area contributed by atoms with Gasteiger partial charge in [-0.05, 0) is 43.5 Å². The second-order valence-electron chi connectivity index (χ2n) is 5.24. The van der Waals surface area contributed by atoms with Crippen LogP contribution in [0.25, 0.3) is 0 Å². The van der Waals surface area contributed by atoms with Crippen LogP contribution in [0, 0.1) is 6.92 Å². The Balaban J connectivity index is 2.07. The highest BCUT2D eigenvalue weighted by molar-refractivity contribution is 5.39. The molecule has 0 saturated heterocycles. The summed E-state index contributed by atoms with van der Waals surface area (Å²) in [6.07, 6.45) is 1.78. The number of rotatable bonds is 6. The summed E-state index contributed by atoms with van der Waals surface area (Å²) in [7, 11) is 3.37. The number of benzene rings is 2. The molecule has 2 N–H and O–H groups in total. The van der Waals surface area contributed by atoms with Crippen molar-refractivity contribution < 1.29 is 9.47 Å². The lowest BCUT2D eigenvalue weighted by Crippen LogP contribution is -2.13. The van der Waals surface area contributed by atoms with Gasteiger partial charge in [0.1, 0.15) is 11.5 Å². The highest BCUT2D eigenvalue weighted by atomic mass is 16.5. The normalized spacial score (nSPS) is 12.0. The number of aryl methyl sites for hydroxylation is 2. The van der Waals surface area contributed by atoms with Gasteiger partial charge in [-0.15, -0.1) is 0 Å². The quantitative estimate of drug-likeness (QED) is 0.881. The molecule has 112 valence electrons. The van der Waals surface area contributed by atoms with E-state index in [-0.39, 0.29) is 6.04 Å². The zero-order chi connectivity index (χ0) is 15.2. The molecule has 0 aliphatic heterocycles. The largest absolute Gasteiger partial charge is 0.497 e. The van der Waals surface area contributed by atoms with Crippen LogP contribution in [0.2, 0.25) is 0 Å². The molecule has 0 aliphatic carbocycles. The summed E-state index contributed by atoms with van der Waals surface area (Å²) in [4.78, 5) is 0. The summed E-state index contributed by atoms with van der Waals surface area (Å²) in [6.45, 7) is 2.07. The standard InChI is InChI=1S/C18H23NO2/c1-13-7-10-18(21-3)16(11-13)17(19)9-8-14-5-4-6-15(12-14)20-2/h4-7,10-12,17H,8-9,19H2,1-3H3. The minimum absolute atomic E-state index is 0.0361. The van der Waals surface area contributed by atoms with E-state index in [0.29, 0.717) is 0 Å². The first kappa shape index (κ1) is 15.4. The first-order valence-corrected chi connectivity index (χ1v) is 7.17. The van der Waals surface area contributed by atoms with Crippen molar-refractivity contribution in [2.45, 2.75) is 25.8 Å². The van der Waals surface area contributed by atoms with E-state index in [4.69, 9.17) is 15.2 Å². The summed E-state index contributed by atoms with van der Waals surface area (Å²) >= 11 is 0. The van der Waals surface area contributed by atoms with Crippen LogP contribution in [0.3, 0.4) is 0 Å². The molecule has 2 rings (SSSR count). The predicted octanol–water partition coefficient (Wildman–Crippen LogP) is 3.64. The lowest BCUT2D eigenvalue weighted by Gasteiger charge is -2.16. The van der Waals surface area contributed by atoms with Gasteiger partial charge < -0.3 is 15.2 Å². The Kier molecular flexibility index (Phi) is 5.23. The van der Waals surface area contributed by atoms with Crippen molar-refractivity contribution in [3.63, 3.8) is 0 Å². The fraction of sp³-hybridized carbons (Fsp3) is 0.333. The monoisotopic (exact) mass is 285 g/mol. The summed E-state index contributed by atoms with van der Waals surface area (Å²) < 4.78 is 10.7. The third-order valence-electron chi connectivity index (χ3n) is 3.66. The maximum absolute atomic E-state index is 6.35. The van der Waals surface area contributed by atoms with E-state index in [0.717, 1.165) is 29.9 Å². The fourth-order valence-electron chi connectivity index (χ4n) is 2.45. The van der Waals surface area contributed by atoms with Crippen LogP contribution in [0.15, 0.2) is 42.5 Å². The Bertz CT molecular complexity index is 596. The van der Waals surface area contributed by atoms with Gasteiger partial charge in [-0.1, -0.05) is 29.8 Å². The number of hydrogen-bond donors (Lipinski definition) is 1. The van der Waals surface area contributed by atoms with Gasteiger partial charge in [-0.2, -0.15) is 0 Å². The zero-order valence-corrected chi connectivity index (χ0v) is 12.9. The van der Waals surface area contributed by atoms with Crippen molar-refractivity contribution in [2.75, 3.05) is 14.2 Å². The van der Waals surface area contributed by atoms with Crippen LogP contribution in [-0.4, -0.2) is 14.2 Å². The smallest absolute Gasteiger partial charge is 0.123 e. The van der Waals surface area contributed by atoms with Crippen molar-refractivity contribution in [2.24, 2.45) is 5.73 Å². The summed E-state index contributed by atoms with van der Waals surface area (Å²) in [5.41, 5.74) is 9.85. The van der Waals surface area contributed by atoms with Crippen LogP contribution >= 0.6 is 0 Å². The highest BCUT2D eigenvalue weighted by Gasteiger charge is 2.12. The topological polar surface area (TPSA) is 44.5 Å². The van der Waals surface area contributed by atoms with Gasteiger partial charge in [0.05, 0.1) is 14.2 Å². The molecule has 0 fully saturated rings. The number of ether oxygens (including phenoxy) is 2. The van der Waals surface area contributed by atoms with E-state index in [2.05, 4.69) is 25.1 Å². The van der Waals surface area contributed by atoms with E-state index in [1.54, 1.807) is 14.2 Å². The van der Waals surface area contributed by atoms with Gasteiger partial charge in [0.25, 0.3) is 0 Å². The Labute approximate surface area is 126 Å². The highest BCUT2D eigenvalue weighted by Crippen LogP contribution is 2.28.